The Morgan fingerprint density at radius 1 is 1.06 bits per heavy atom. The van der Waals surface area contributed by atoms with E-state index in [1.165, 1.54) is 4.90 Å². The molecule has 0 bridgehead atoms. The summed E-state index contributed by atoms with van der Waals surface area (Å²) in [6.07, 6.45) is 1.23. The Morgan fingerprint density at radius 2 is 1.68 bits per heavy atom. The van der Waals surface area contributed by atoms with Crippen molar-refractivity contribution in [1.29, 1.82) is 0 Å². The van der Waals surface area contributed by atoms with Crippen molar-refractivity contribution in [3.63, 3.8) is 0 Å². The number of benzene rings is 2. The fraction of sp³-hybridized carbons (Fsp3) is 0.391. The third-order valence-electron chi connectivity index (χ3n) is 4.95. The summed E-state index contributed by atoms with van der Waals surface area (Å²) in [5.74, 6) is 0.0199. The zero-order chi connectivity index (χ0) is 23.0. The van der Waals surface area contributed by atoms with Crippen LogP contribution in [0.2, 0.25) is 10.0 Å². The molecule has 0 heterocycles. The fourth-order valence-electron chi connectivity index (χ4n) is 2.97. The van der Waals surface area contributed by atoms with Gasteiger partial charge in [-0.25, -0.2) is 0 Å². The van der Waals surface area contributed by atoms with Gasteiger partial charge in [-0.3, -0.25) is 9.59 Å². The Morgan fingerprint density at radius 3 is 2.23 bits per heavy atom. The maximum Gasteiger partial charge on any atom is 0.261 e. The van der Waals surface area contributed by atoms with Gasteiger partial charge in [0.05, 0.1) is 0 Å². The minimum Gasteiger partial charge on any atom is -0.484 e. The van der Waals surface area contributed by atoms with Gasteiger partial charge in [-0.05, 0) is 56.2 Å². The minimum atomic E-state index is -0.678. The normalized spacial score (nSPS) is 12.7. The number of hydrogen-bond acceptors (Lipinski definition) is 3. The van der Waals surface area contributed by atoms with Gasteiger partial charge in [0.15, 0.2) is 6.61 Å². The lowest BCUT2D eigenvalue weighted by Crippen LogP contribution is -2.51. The molecule has 0 aliphatic heterocycles. The second-order valence-electron chi connectivity index (χ2n) is 7.21. The molecular formula is C23H27BrCl2N2O3. The van der Waals surface area contributed by atoms with Gasteiger partial charge in [-0.1, -0.05) is 59.0 Å². The molecule has 0 aromatic heterocycles. The first-order valence-corrected chi connectivity index (χ1v) is 11.7. The van der Waals surface area contributed by atoms with E-state index in [0.29, 0.717) is 27.8 Å². The first-order chi connectivity index (χ1) is 14.8. The van der Waals surface area contributed by atoms with Crippen molar-refractivity contribution in [2.45, 2.75) is 52.2 Å². The van der Waals surface area contributed by atoms with Gasteiger partial charge in [-0.2, -0.15) is 0 Å². The lowest BCUT2D eigenvalue weighted by Gasteiger charge is -2.31. The van der Waals surface area contributed by atoms with E-state index in [-0.39, 0.29) is 31.0 Å². The Bertz CT molecular complexity index is 873. The molecule has 0 saturated carbocycles. The van der Waals surface area contributed by atoms with Crippen molar-refractivity contribution in [1.82, 2.24) is 10.2 Å². The van der Waals surface area contributed by atoms with E-state index in [1.807, 2.05) is 32.9 Å². The van der Waals surface area contributed by atoms with Crippen molar-refractivity contribution in [2.24, 2.45) is 0 Å². The maximum absolute atomic E-state index is 13.2. The summed E-state index contributed by atoms with van der Waals surface area (Å²) >= 11 is 16.1. The Kier molecular flexibility index (Phi) is 10.1. The minimum absolute atomic E-state index is 0.00131. The van der Waals surface area contributed by atoms with Gasteiger partial charge < -0.3 is 15.0 Å². The van der Waals surface area contributed by atoms with Crippen LogP contribution in [0.15, 0.2) is 46.9 Å². The molecule has 0 unspecified atom stereocenters. The predicted octanol–water partition coefficient (Wildman–Crippen LogP) is 5.86. The van der Waals surface area contributed by atoms with Crippen LogP contribution < -0.4 is 10.1 Å². The zero-order valence-electron chi connectivity index (χ0n) is 17.8. The van der Waals surface area contributed by atoms with E-state index < -0.39 is 6.04 Å². The molecule has 2 atom stereocenters. The maximum atomic E-state index is 13.2. The molecule has 31 heavy (non-hydrogen) atoms. The van der Waals surface area contributed by atoms with Crippen LogP contribution in [0.4, 0.5) is 0 Å². The van der Waals surface area contributed by atoms with Crippen molar-refractivity contribution in [2.75, 3.05) is 6.61 Å². The summed E-state index contributed by atoms with van der Waals surface area (Å²) in [5.41, 5.74) is 0.595. The lowest BCUT2D eigenvalue weighted by molar-refractivity contribution is -0.143. The van der Waals surface area contributed by atoms with Gasteiger partial charge in [0.2, 0.25) is 5.91 Å². The van der Waals surface area contributed by atoms with Crippen LogP contribution in [0, 0.1) is 0 Å². The monoisotopic (exact) mass is 528 g/mol. The van der Waals surface area contributed by atoms with E-state index in [9.17, 15) is 9.59 Å². The van der Waals surface area contributed by atoms with E-state index in [4.69, 9.17) is 27.9 Å². The molecule has 2 rings (SSSR count). The quantitative estimate of drug-likeness (QED) is 0.419. The number of nitrogens with zero attached hydrogens (tertiary/aromatic N) is 1. The van der Waals surface area contributed by atoms with Gasteiger partial charge in [0.25, 0.3) is 5.91 Å². The van der Waals surface area contributed by atoms with E-state index in [0.717, 1.165) is 10.9 Å². The zero-order valence-corrected chi connectivity index (χ0v) is 20.9. The molecule has 168 valence electrons. The summed E-state index contributed by atoms with van der Waals surface area (Å²) in [6.45, 7) is 5.68. The number of carbonyl (C=O) groups excluding carboxylic acids is 2. The number of rotatable bonds is 10. The van der Waals surface area contributed by atoms with Crippen LogP contribution in [0.5, 0.6) is 5.75 Å². The third-order valence-corrected chi connectivity index (χ3v) is 6.19. The molecule has 8 heteroatoms. The number of ether oxygens (including phenoxy) is 1. The van der Waals surface area contributed by atoms with Crippen LogP contribution in [0.1, 0.15) is 39.2 Å². The van der Waals surface area contributed by atoms with Gasteiger partial charge >= 0.3 is 0 Å². The fourth-order valence-corrected chi connectivity index (χ4v) is 3.75. The summed E-state index contributed by atoms with van der Waals surface area (Å²) in [4.78, 5) is 27.6. The van der Waals surface area contributed by atoms with Crippen molar-refractivity contribution in [3.05, 3.63) is 62.5 Å². The molecule has 2 aromatic carbocycles. The van der Waals surface area contributed by atoms with Crippen LogP contribution in [-0.2, 0) is 16.1 Å². The van der Waals surface area contributed by atoms with Crippen LogP contribution >= 0.6 is 39.1 Å². The summed E-state index contributed by atoms with van der Waals surface area (Å²) in [7, 11) is 0. The highest BCUT2D eigenvalue weighted by Crippen LogP contribution is 2.27. The van der Waals surface area contributed by atoms with Crippen LogP contribution in [0.25, 0.3) is 0 Å². The summed E-state index contributed by atoms with van der Waals surface area (Å²) in [6, 6.07) is 11.7. The van der Waals surface area contributed by atoms with Crippen LogP contribution in [0.3, 0.4) is 0 Å². The molecule has 0 aliphatic rings. The largest absolute Gasteiger partial charge is 0.484 e. The molecule has 0 radical (unpaired) electrons. The Hall–Kier alpha value is -1.76. The average molecular weight is 530 g/mol. The first kappa shape index (κ1) is 25.5. The van der Waals surface area contributed by atoms with Gasteiger partial charge in [0.1, 0.15) is 11.8 Å². The first-order valence-electron chi connectivity index (χ1n) is 10.2. The van der Waals surface area contributed by atoms with E-state index >= 15 is 0 Å². The molecule has 1 N–H and O–H groups in total. The number of carbonyl (C=O) groups is 2. The molecule has 2 amide bonds. The second-order valence-corrected chi connectivity index (χ2v) is 8.94. The van der Waals surface area contributed by atoms with Gasteiger partial charge in [0, 0.05) is 32.7 Å². The molecule has 5 nitrogen and oxygen atoms in total. The summed E-state index contributed by atoms with van der Waals surface area (Å²) in [5, 5.41) is 3.85. The Labute approximate surface area is 202 Å². The Balaban J connectivity index is 2.27. The van der Waals surface area contributed by atoms with Gasteiger partial charge in [-0.15, -0.1) is 0 Å². The van der Waals surface area contributed by atoms with Crippen molar-refractivity contribution >= 4 is 50.9 Å². The SMILES string of the molecule is CC[C@H](C(=O)N[C@@H](C)CC)N(Cc1c(Cl)cccc1Cl)C(=O)COc1ccc(Br)cc1. The highest BCUT2D eigenvalue weighted by molar-refractivity contribution is 9.10. The van der Waals surface area contributed by atoms with E-state index in [2.05, 4.69) is 21.2 Å². The number of halogens is 3. The standard InChI is InChI=1S/C23H27BrCl2N2O3/c1-4-15(3)27-23(30)21(5-2)28(13-18-19(25)7-6-8-20(18)26)22(29)14-31-17-11-9-16(24)10-12-17/h6-12,15,21H,4-5,13-14H2,1-3H3,(H,27,30)/t15-,21+/m0/s1. The average Bonchev–Trinajstić information content (AvgIpc) is 2.74. The van der Waals surface area contributed by atoms with Crippen molar-refractivity contribution < 1.29 is 14.3 Å². The lowest BCUT2D eigenvalue weighted by atomic mass is 10.1. The molecule has 0 saturated heterocycles. The molecule has 0 spiro atoms. The predicted molar refractivity (Wildman–Crippen MR) is 129 cm³/mol. The third kappa shape index (κ3) is 7.41. The second kappa shape index (κ2) is 12.3. The molecular weight excluding hydrogens is 503 g/mol. The topological polar surface area (TPSA) is 58.6 Å². The smallest absolute Gasteiger partial charge is 0.261 e. The summed E-state index contributed by atoms with van der Waals surface area (Å²) < 4.78 is 6.58. The number of hydrogen-bond donors (Lipinski definition) is 1. The molecule has 0 fully saturated rings. The molecule has 0 aliphatic carbocycles. The van der Waals surface area contributed by atoms with E-state index in [1.54, 1.807) is 30.3 Å². The number of amides is 2. The number of nitrogens with one attached hydrogen (secondary N) is 1. The highest BCUT2D eigenvalue weighted by atomic mass is 79.9. The molecule has 2 aromatic rings. The highest BCUT2D eigenvalue weighted by Gasteiger charge is 2.30. The van der Waals surface area contributed by atoms with Crippen molar-refractivity contribution in [3.8, 4) is 5.75 Å². The van der Waals surface area contributed by atoms with Crippen LogP contribution in [-0.4, -0.2) is 35.4 Å².